The second kappa shape index (κ2) is 4.70. The monoisotopic (exact) mass is 274 g/mol. The maximum atomic E-state index is 12.1. The van der Waals surface area contributed by atoms with Gasteiger partial charge < -0.3 is 20.7 Å². The van der Waals surface area contributed by atoms with Gasteiger partial charge in [-0.05, 0) is 30.9 Å². The summed E-state index contributed by atoms with van der Waals surface area (Å²) in [4.78, 5) is 18.5. The van der Waals surface area contributed by atoms with Gasteiger partial charge in [0.2, 0.25) is 0 Å². The second-order valence-electron chi connectivity index (χ2n) is 5.04. The molecule has 0 fully saturated rings. The number of aliphatic imine (C=N–C) groups is 1. The van der Waals surface area contributed by atoms with Crippen LogP contribution in [0.3, 0.4) is 0 Å². The molecule has 106 valence electrons. The van der Waals surface area contributed by atoms with E-state index < -0.39 is 0 Å². The molecule has 0 radical (unpaired) electrons. The number of allylic oxidation sites excluding steroid dienone is 2. The van der Waals surface area contributed by atoms with Crippen molar-refractivity contribution in [3.63, 3.8) is 0 Å². The van der Waals surface area contributed by atoms with E-state index in [1.54, 1.807) is 0 Å². The predicted octanol–water partition coefficient (Wildman–Crippen LogP) is 0.599. The van der Waals surface area contributed by atoms with Gasteiger partial charge in [0.15, 0.2) is 5.96 Å². The van der Waals surface area contributed by atoms with Crippen molar-refractivity contribution in [1.29, 1.82) is 0 Å². The van der Waals surface area contributed by atoms with Gasteiger partial charge in [0, 0.05) is 13.2 Å². The summed E-state index contributed by atoms with van der Waals surface area (Å²) in [5.74, 6) is 0.166. The molecule has 0 saturated heterocycles. The van der Waals surface area contributed by atoms with Crippen LogP contribution in [0.4, 0.5) is 0 Å². The van der Waals surface area contributed by atoms with E-state index in [2.05, 4.69) is 10.3 Å². The number of hydrogen-bond acceptors (Lipinski definition) is 6. The average molecular weight is 274 g/mol. The molecule has 3 N–H and O–H groups in total. The zero-order chi connectivity index (χ0) is 14.3. The molecule has 0 spiro atoms. The lowest BCUT2D eigenvalue weighted by Gasteiger charge is -2.26. The van der Waals surface area contributed by atoms with Gasteiger partial charge >= 0.3 is 5.97 Å². The highest BCUT2D eigenvalue weighted by Gasteiger charge is 2.35. The van der Waals surface area contributed by atoms with Crippen molar-refractivity contribution in [2.24, 2.45) is 10.7 Å². The normalized spacial score (nSPS) is 21.0. The van der Waals surface area contributed by atoms with Crippen LogP contribution in [-0.4, -0.2) is 37.0 Å². The topological polar surface area (TPSA) is 79.9 Å². The first-order chi connectivity index (χ1) is 9.61. The van der Waals surface area contributed by atoms with Gasteiger partial charge in [-0.15, -0.1) is 0 Å². The number of nitrogens with two attached hydrogens (primary N) is 1. The Bertz CT molecular complexity index is 598. The van der Waals surface area contributed by atoms with Crippen LogP contribution in [0.5, 0.6) is 0 Å². The molecule has 0 unspecified atom stereocenters. The van der Waals surface area contributed by atoms with E-state index in [1.165, 1.54) is 0 Å². The smallest absolute Gasteiger partial charge is 0.336 e. The van der Waals surface area contributed by atoms with Gasteiger partial charge in [-0.1, -0.05) is 0 Å². The highest BCUT2D eigenvalue weighted by molar-refractivity contribution is 5.92. The van der Waals surface area contributed by atoms with Crippen LogP contribution >= 0.6 is 0 Å². The first-order valence-electron chi connectivity index (χ1n) is 6.76. The Labute approximate surface area is 117 Å². The van der Waals surface area contributed by atoms with Gasteiger partial charge in [-0.25, -0.2) is 9.79 Å². The zero-order valence-corrected chi connectivity index (χ0v) is 11.7. The summed E-state index contributed by atoms with van der Waals surface area (Å²) < 4.78 is 5.15. The highest BCUT2D eigenvalue weighted by atomic mass is 16.5. The molecular formula is C14H18N4O2. The minimum Gasteiger partial charge on any atom is -0.463 e. The molecule has 0 atom stereocenters. The molecule has 0 bridgehead atoms. The molecule has 0 amide bonds. The second-order valence-corrected chi connectivity index (χ2v) is 5.04. The first kappa shape index (κ1) is 12.8. The predicted molar refractivity (Wildman–Crippen MR) is 75.4 cm³/mol. The average Bonchev–Trinajstić information content (AvgIpc) is 2.77. The number of carbonyl (C=O) groups excluding carboxylic acids is 1. The van der Waals surface area contributed by atoms with Crippen molar-refractivity contribution in [2.45, 2.75) is 19.8 Å². The number of likely N-dealkylation sites (N-methyl/N-ethyl adjacent to an activating group) is 1. The lowest BCUT2D eigenvalue weighted by atomic mass is 9.90. The van der Waals surface area contributed by atoms with E-state index in [-0.39, 0.29) is 5.97 Å². The summed E-state index contributed by atoms with van der Waals surface area (Å²) in [6, 6.07) is 0. The Morgan fingerprint density at radius 3 is 3.10 bits per heavy atom. The molecule has 20 heavy (non-hydrogen) atoms. The van der Waals surface area contributed by atoms with E-state index in [0.717, 1.165) is 41.0 Å². The number of nitrogens with zero attached hydrogens (tertiary/aromatic N) is 2. The molecule has 0 aromatic rings. The van der Waals surface area contributed by atoms with Gasteiger partial charge in [-0.2, -0.15) is 0 Å². The highest BCUT2D eigenvalue weighted by Crippen LogP contribution is 2.41. The van der Waals surface area contributed by atoms with Gasteiger partial charge in [0.05, 0.1) is 30.1 Å². The lowest BCUT2D eigenvalue weighted by molar-refractivity contribution is -0.138. The minimum absolute atomic E-state index is 0.219. The molecule has 2 aliphatic heterocycles. The molecule has 0 aromatic heterocycles. The van der Waals surface area contributed by atoms with Gasteiger partial charge in [0.1, 0.15) is 0 Å². The van der Waals surface area contributed by atoms with Crippen molar-refractivity contribution < 1.29 is 9.53 Å². The number of carbonyl (C=O) groups is 1. The Kier molecular flexibility index (Phi) is 3.00. The molecular weight excluding hydrogens is 256 g/mol. The van der Waals surface area contributed by atoms with E-state index >= 15 is 0 Å². The Hall–Kier alpha value is -2.24. The standard InChI is InChI=1S/C14H18N4O2/c1-3-20-13(19)10-7-18(2)12-9(10)5-4-8-6-16-14(15)17-11(8)12/h6H,3-5,7H2,1-2H3,(H3,15,16,17). The number of fused-ring (bicyclic) bond motifs is 2. The number of ether oxygens (including phenoxy) is 1. The summed E-state index contributed by atoms with van der Waals surface area (Å²) in [5, 5.41) is 2.94. The third kappa shape index (κ3) is 1.88. The SMILES string of the molecule is CCOC(=O)C1=C2CCC3=CNC(N)=NC3=C2N(C)C1. The fraction of sp³-hybridized carbons (Fsp3) is 0.429. The largest absolute Gasteiger partial charge is 0.463 e. The fourth-order valence-electron chi connectivity index (χ4n) is 2.89. The van der Waals surface area contributed by atoms with Crippen LogP contribution in [0.15, 0.2) is 39.3 Å². The van der Waals surface area contributed by atoms with E-state index in [0.29, 0.717) is 19.1 Å². The van der Waals surface area contributed by atoms with Crippen LogP contribution in [0.1, 0.15) is 19.8 Å². The minimum atomic E-state index is -0.219. The van der Waals surface area contributed by atoms with Crippen molar-refractivity contribution in [3.8, 4) is 0 Å². The molecule has 0 aromatic carbocycles. The van der Waals surface area contributed by atoms with E-state index in [9.17, 15) is 4.79 Å². The van der Waals surface area contributed by atoms with Gasteiger partial charge in [-0.3, -0.25) is 0 Å². The fourth-order valence-corrected chi connectivity index (χ4v) is 2.89. The van der Waals surface area contributed by atoms with Crippen molar-refractivity contribution >= 4 is 11.9 Å². The molecule has 3 aliphatic rings. The number of guanidine groups is 1. The summed E-state index contributed by atoms with van der Waals surface area (Å²) >= 11 is 0. The summed E-state index contributed by atoms with van der Waals surface area (Å²) in [6.07, 6.45) is 3.59. The summed E-state index contributed by atoms with van der Waals surface area (Å²) in [6.45, 7) is 2.79. The summed E-state index contributed by atoms with van der Waals surface area (Å²) in [7, 11) is 1.96. The van der Waals surface area contributed by atoms with Crippen LogP contribution in [0.25, 0.3) is 0 Å². The van der Waals surface area contributed by atoms with Crippen molar-refractivity contribution in [1.82, 2.24) is 10.2 Å². The Morgan fingerprint density at radius 2 is 2.35 bits per heavy atom. The molecule has 0 saturated carbocycles. The Balaban J connectivity index is 2.09. The van der Waals surface area contributed by atoms with E-state index in [4.69, 9.17) is 10.5 Å². The molecule has 6 nitrogen and oxygen atoms in total. The number of esters is 1. The Morgan fingerprint density at radius 1 is 1.55 bits per heavy atom. The van der Waals surface area contributed by atoms with Crippen LogP contribution < -0.4 is 11.1 Å². The van der Waals surface area contributed by atoms with E-state index in [1.807, 2.05) is 25.1 Å². The molecule has 3 rings (SSSR count). The molecule has 2 heterocycles. The number of rotatable bonds is 2. The van der Waals surface area contributed by atoms with Crippen LogP contribution in [0, 0.1) is 0 Å². The van der Waals surface area contributed by atoms with Crippen LogP contribution in [0.2, 0.25) is 0 Å². The summed E-state index contributed by atoms with van der Waals surface area (Å²) in [5.41, 5.74) is 10.6. The maximum absolute atomic E-state index is 12.1. The lowest BCUT2D eigenvalue weighted by Crippen LogP contribution is -2.32. The van der Waals surface area contributed by atoms with Crippen molar-refractivity contribution in [3.05, 3.63) is 34.3 Å². The number of hydrogen-bond donors (Lipinski definition) is 2. The number of nitrogens with one attached hydrogen (secondary N) is 1. The maximum Gasteiger partial charge on any atom is 0.336 e. The third-order valence-electron chi connectivity index (χ3n) is 3.75. The first-order valence-corrected chi connectivity index (χ1v) is 6.76. The zero-order valence-electron chi connectivity index (χ0n) is 11.7. The van der Waals surface area contributed by atoms with Gasteiger partial charge in [0.25, 0.3) is 0 Å². The molecule has 6 heteroatoms. The quantitative estimate of drug-likeness (QED) is 0.721. The molecule has 1 aliphatic carbocycles. The third-order valence-corrected chi connectivity index (χ3v) is 3.75. The van der Waals surface area contributed by atoms with Crippen LogP contribution in [-0.2, 0) is 9.53 Å². The van der Waals surface area contributed by atoms with Crippen molar-refractivity contribution in [2.75, 3.05) is 20.2 Å².